The Morgan fingerprint density at radius 2 is 2.10 bits per heavy atom. The van der Waals surface area contributed by atoms with Crippen molar-refractivity contribution in [3.63, 3.8) is 0 Å². The van der Waals surface area contributed by atoms with Gasteiger partial charge in [0.1, 0.15) is 17.8 Å². The van der Waals surface area contributed by atoms with E-state index in [1.165, 1.54) is 6.20 Å². The maximum Gasteiger partial charge on any atom is 0.264 e. The van der Waals surface area contributed by atoms with Crippen LogP contribution in [0.5, 0.6) is 0 Å². The van der Waals surface area contributed by atoms with Crippen LogP contribution in [0.3, 0.4) is 0 Å². The van der Waals surface area contributed by atoms with Gasteiger partial charge in [-0.3, -0.25) is 9.36 Å². The highest BCUT2D eigenvalue weighted by molar-refractivity contribution is 5.73. The molecule has 1 aliphatic carbocycles. The van der Waals surface area contributed by atoms with Crippen molar-refractivity contribution in [2.45, 2.75) is 52.1 Å². The Kier molecular flexibility index (Phi) is 3.51. The predicted octanol–water partition coefficient (Wildman–Crippen LogP) is 2.39. The second-order valence-corrected chi connectivity index (χ2v) is 5.94. The number of aromatic nitrogens is 4. The molecule has 7 heteroatoms. The second kappa shape index (κ2) is 5.20. The fourth-order valence-electron chi connectivity index (χ4n) is 2.51. The van der Waals surface area contributed by atoms with Crippen LogP contribution in [0.4, 0.5) is 8.78 Å². The van der Waals surface area contributed by atoms with E-state index < -0.39 is 13.0 Å². The quantitative estimate of drug-likeness (QED) is 0.851. The third-order valence-corrected chi connectivity index (χ3v) is 3.75. The molecule has 0 N–H and O–H groups in total. The summed E-state index contributed by atoms with van der Waals surface area (Å²) in [5.74, 6) is 1.24. The van der Waals surface area contributed by atoms with Crippen LogP contribution in [0, 0.1) is 5.92 Å². The van der Waals surface area contributed by atoms with E-state index in [9.17, 15) is 13.6 Å². The SMILES string of the molecule is CC(C)c1nc2c(cnn2CC(F)F)c(=O)n1CC1CC1. The van der Waals surface area contributed by atoms with Crippen LogP contribution >= 0.6 is 0 Å². The summed E-state index contributed by atoms with van der Waals surface area (Å²) in [6.45, 7) is 4.02. The number of rotatable bonds is 5. The van der Waals surface area contributed by atoms with Crippen LogP contribution in [0.15, 0.2) is 11.0 Å². The number of halogens is 2. The summed E-state index contributed by atoms with van der Waals surface area (Å²) in [6.07, 6.45) is 1.09. The molecule has 2 heterocycles. The zero-order valence-corrected chi connectivity index (χ0v) is 12.1. The number of hydrogen-bond donors (Lipinski definition) is 0. The Bertz CT molecular complexity index is 716. The van der Waals surface area contributed by atoms with Crippen molar-refractivity contribution in [1.29, 1.82) is 0 Å². The van der Waals surface area contributed by atoms with Crippen LogP contribution in [-0.2, 0) is 13.1 Å². The summed E-state index contributed by atoms with van der Waals surface area (Å²) in [4.78, 5) is 17.1. The van der Waals surface area contributed by atoms with Gasteiger partial charge in [-0.2, -0.15) is 5.10 Å². The monoisotopic (exact) mass is 296 g/mol. The van der Waals surface area contributed by atoms with Crippen molar-refractivity contribution in [2.75, 3.05) is 0 Å². The van der Waals surface area contributed by atoms with E-state index in [2.05, 4.69) is 10.1 Å². The topological polar surface area (TPSA) is 52.7 Å². The fourth-order valence-corrected chi connectivity index (χ4v) is 2.51. The fraction of sp³-hybridized carbons (Fsp3) is 0.643. The van der Waals surface area contributed by atoms with Crippen molar-refractivity contribution in [3.05, 3.63) is 22.4 Å². The Hall–Kier alpha value is -1.79. The molecule has 0 atom stereocenters. The van der Waals surface area contributed by atoms with Crippen LogP contribution < -0.4 is 5.56 Å². The molecule has 2 aromatic heterocycles. The molecule has 5 nitrogen and oxygen atoms in total. The van der Waals surface area contributed by atoms with Gasteiger partial charge in [-0.05, 0) is 18.8 Å². The van der Waals surface area contributed by atoms with Gasteiger partial charge < -0.3 is 0 Å². The van der Waals surface area contributed by atoms with Crippen molar-refractivity contribution in [3.8, 4) is 0 Å². The summed E-state index contributed by atoms with van der Waals surface area (Å²) in [5, 5.41) is 4.21. The van der Waals surface area contributed by atoms with Gasteiger partial charge in [0, 0.05) is 12.5 Å². The lowest BCUT2D eigenvalue weighted by Gasteiger charge is -2.15. The first kappa shape index (κ1) is 14.2. The third kappa shape index (κ3) is 2.69. The van der Waals surface area contributed by atoms with Crippen molar-refractivity contribution >= 4 is 11.0 Å². The van der Waals surface area contributed by atoms with Gasteiger partial charge in [0.05, 0.1) is 6.20 Å². The maximum atomic E-state index is 12.6. The number of hydrogen-bond acceptors (Lipinski definition) is 3. The average Bonchev–Trinajstić information content (AvgIpc) is 3.13. The molecule has 1 aliphatic rings. The highest BCUT2D eigenvalue weighted by atomic mass is 19.3. The molecule has 0 unspecified atom stereocenters. The van der Waals surface area contributed by atoms with E-state index in [-0.39, 0.29) is 17.1 Å². The summed E-state index contributed by atoms with van der Waals surface area (Å²) in [5.41, 5.74) is 0.0900. The predicted molar refractivity (Wildman–Crippen MR) is 74.6 cm³/mol. The molecule has 3 rings (SSSR count). The maximum absolute atomic E-state index is 12.6. The standard InChI is InChI=1S/C14H18F2N4O/c1-8(2)12-18-13-10(5-17-20(13)7-11(15)16)14(21)19(12)6-9-3-4-9/h5,8-9,11H,3-4,6-7H2,1-2H3. The van der Waals surface area contributed by atoms with E-state index >= 15 is 0 Å². The lowest BCUT2D eigenvalue weighted by molar-refractivity contribution is 0.123. The zero-order valence-electron chi connectivity index (χ0n) is 12.1. The summed E-state index contributed by atoms with van der Waals surface area (Å²) < 4.78 is 28.0. The molecule has 2 aromatic rings. The van der Waals surface area contributed by atoms with Crippen LogP contribution in [-0.4, -0.2) is 25.8 Å². The first-order valence-corrected chi connectivity index (χ1v) is 7.21. The van der Waals surface area contributed by atoms with Gasteiger partial charge in [0.25, 0.3) is 12.0 Å². The molecule has 0 saturated heterocycles. The van der Waals surface area contributed by atoms with Gasteiger partial charge in [-0.15, -0.1) is 0 Å². The lowest BCUT2D eigenvalue weighted by atomic mass is 10.2. The minimum Gasteiger partial charge on any atom is -0.295 e. The highest BCUT2D eigenvalue weighted by Gasteiger charge is 2.26. The summed E-state index contributed by atoms with van der Waals surface area (Å²) in [7, 11) is 0. The van der Waals surface area contributed by atoms with E-state index in [1.54, 1.807) is 4.57 Å². The molecule has 0 amide bonds. The zero-order chi connectivity index (χ0) is 15.1. The molecule has 0 aliphatic heterocycles. The van der Waals surface area contributed by atoms with Crippen LogP contribution in [0.1, 0.15) is 38.4 Å². The number of alkyl halides is 2. The second-order valence-electron chi connectivity index (χ2n) is 5.94. The molecule has 1 fully saturated rings. The normalized spacial score (nSPS) is 15.5. The molecule has 0 aromatic carbocycles. The number of fused-ring (bicyclic) bond motifs is 1. The first-order chi connectivity index (χ1) is 9.97. The third-order valence-electron chi connectivity index (χ3n) is 3.75. The van der Waals surface area contributed by atoms with Crippen molar-refractivity contribution in [2.24, 2.45) is 5.92 Å². The minimum atomic E-state index is -2.52. The molecule has 114 valence electrons. The molecule has 0 bridgehead atoms. The van der Waals surface area contributed by atoms with Gasteiger partial charge in [0.15, 0.2) is 5.65 Å². The van der Waals surface area contributed by atoms with Gasteiger partial charge in [-0.25, -0.2) is 18.4 Å². The van der Waals surface area contributed by atoms with Crippen LogP contribution in [0.25, 0.3) is 11.0 Å². The summed E-state index contributed by atoms with van der Waals surface area (Å²) in [6, 6.07) is 0. The molecular weight excluding hydrogens is 278 g/mol. The minimum absolute atomic E-state index is 0.0516. The Balaban J connectivity index is 2.16. The first-order valence-electron chi connectivity index (χ1n) is 7.21. The molecule has 0 radical (unpaired) electrons. The van der Waals surface area contributed by atoms with Crippen molar-refractivity contribution < 1.29 is 8.78 Å². The van der Waals surface area contributed by atoms with Crippen molar-refractivity contribution in [1.82, 2.24) is 19.3 Å². The molecular formula is C14H18F2N4O. The molecule has 21 heavy (non-hydrogen) atoms. The molecule has 0 spiro atoms. The van der Waals surface area contributed by atoms with E-state index in [0.29, 0.717) is 23.7 Å². The highest BCUT2D eigenvalue weighted by Crippen LogP contribution is 2.31. The number of nitrogens with zero attached hydrogens (tertiary/aromatic N) is 4. The average molecular weight is 296 g/mol. The Morgan fingerprint density at radius 1 is 1.38 bits per heavy atom. The van der Waals surface area contributed by atoms with Gasteiger partial charge in [0.2, 0.25) is 0 Å². The van der Waals surface area contributed by atoms with Gasteiger partial charge >= 0.3 is 0 Å². The van der Waals surface area contributed by atoms with E-state index in [0.717, 1.165) is 17.5 Å². The lowest BCUT2D eigenvalue weighted by Crippen LogP contribution is -2.27. The van der Waals surface area contributed by atoms with E-state index in [1.807, 2.05) is 13.8 Å². The largest absolute Gasteiger partial charge is 0.295 e. The van der Waals surface area contributed by atoms with Crippen LogP contribution in [0.2, 0.25) is 0 Å². The Morgan fingerprint density at radius 3 is 2.67 bits per heavy atom. The molecule has 1 saturated carbocycles. The Labute approximate surface area is 120 Å². The van der Waals surface area contributed by atoms with Gasteiger partial charge in [-0.1, -0.05) is 13.8 Å². The van der Waals surface area contributed by atoms with E-state index in [4.69, 9.17) is 0 Å². The summed E-state index contributed by atoms with van der Waals surface area (Å²) >= 11 is 0. The smallest absolute Gasteiger partial charge is 0.264 e.